The first-order chi connectivity index (χ1) is 10.0. The summed E-state index contributed by atoms with van der Waals surface area (Å²) in [4.78, 5) is 25.5. The van der Waals surface area contributed by atoms with Crippen molar-refractivity contribution in [1.29, 1.82) is 0 Å². The van der Waals surface area contributed by atoms with Gasteiger partial charge >= 0.3 is 0 Å². The molecule has 1 fully saturated rings. The van der Waals surface area contributed by atoms with Crippen molar-refractivity contribution >= 4 is 46.1 Å². The smallest absolute Gasteiger partial charge is 0.266 e. The Labute approximate surface area is 134 Å². The van der Waals surface area contributed by atoms with Gasteiger partial charge in [0, 0.05) is 13.0 Å². The summed E-state index contributed by atoms with van der Waals surface area (Å²) in [6.45, 7) is 3.99. The molecule has 110 valence electrons. The first kappa shape index (κ1) is 15.9. The third-order valence-corrected chi connectivity index (χ3v) is 4.62. The molecule has 0 unspecified atom stereocenters. The van der Waals surface area contributed by atoms with Crippen LogP contribution < -0.4 is 0 Å². The monoisotopic (exact) mass is 319 g/mol. The summed E-state index contributed by atoms with van der Waals surface area (Å²) in [5.74, 6) is -0.0472. The average Bonchev–Trinajstić information content (AvgIpc) is 2.72. The Morgan fingerprint density at radius 2 is 2.00 bits per heavy atom. The van der Waals surface area contributed by atoms with Crippen LogP contribution in [-0.4, -0.2) is 27.5 Å². The Balaban J connectivity index is 2.13. The maximum Gasteiger partial charge on any atom is 0.266 e. The van der Waals surface area contributed by atoms with Crippen LogP contribution in [0.5, 0.6) is 0 Å². The van der Waals surface area contributed by atoms with Crippen molar-refractivity contribution in [3.05, 3.63) is 40.3 Å². The minimum Gasteiger partial charge on any atom is -0.300 e. The van der Waals surface area contributed by atoms with Gasteiger partial charge in [-0.15, -0.1) is 0 Å². The Morgan fingerprint density at radius 1 is 1.33 bits per heavy atom. The molecule has 5 heteroatoms. The molecular formula is C16H17NO2S2. The number of Topliss-reactive ketones (excluding diaryl/α,β-unsaturated/α-hetero) is 1. The molecule has 1 saturated heterocycles. The van der Waals surface area contributed by atoms with Gasteiger partial charge < -0.3 is 0 Å². The van der Waals surface area contributed by atoms with Crippen LogP contribution in [0.2, 0.25) is 0 Å². The van der Waals surface area contributed by atoms with Crippen molar-refractivity contribution in [2.75, 3.05) is 6.54 Å². The Morgan fingerprint density at radius 3 is 2.57 bits per heavy atom. The van der Waals surface area contributed by atoms with Gasteiger partial charge in [-0.1, -0.05) is 55.2 Å². The number of carbonyl (C=O) groups excluding carboxylic acids is 2. The molecule has 1 amide bonds. The van der Waals surface area contributed by atoms with E-state index in [2.05, 4.69) is 19.1 Å². The quantitative estimate of drug-likeness (QED) is 0.615. The van der Waals surface area contributed by atoms with E-state index in [4.69, 9.17) is 12.2 Å². The molecule has 2 rings (SSSR count). The molecule has 0 bridgehead atoms. The first-order valence-corrected chi connectivity index (χ1v) is 8.07. The summed E-state index contributed by atoms with van der Waals surface area (Å²) < 4.78 is 0.526. The molecule has 0 atom stereocenters. The van der Waals surface area contributed by atoms with E-state index in [1.807, 2.05) is 18.2 Å². The van der Waals surface area contributed by atoms with E-state index in [1.165, 1.54) is 29.1 Å². The number of nitrogens with zero attached hydrogens (tertiary/aromatic N) is 1. The van der Waals surface area contributed by atoms with Gasteiger partial charge in [0.2, 0.25) is 0 Å². The topological polar surface area (TPSA) is 37.4 Å². The van der Waals surface area contributed by atoms with Gasteiger partial charge in [-0.2, -0.15) is 0 Å². The first-order valence-electron chi connectivity index (χ1n) is 6.85. The highest BCUT2D eigenvalue weighted by Crippen LogP contribution is 2.32. The fourth-order valence-corrected chi connectivity index (χ4v) is 3.27. The zero-order valence-electron chi connectivity index (χ0n) is 12.1. The van der Waals surface area contributed by atoms with Crippen molar-refractivity contribution in [1.82, 2.24) is 4.90 Å². The highest BCUT2D eigenvalue weighted by atomic mass is 32.2. The van der Waals surface area contributed by atoms with E-state index < -0.39 is 0 Å². The number of carbonyl (C=O) groups is 2. The summed E-state index contributed by atoms with van der Waals surface area (Å²) in [5, 5.41) is 0. The minimum absolute atomic E-state index is 0.0585. The van der Waals surface area contributed by atoms with Crippen molar-refractivity contribution in [3.63, 3.8) is 0 Å². The van der Waals surface area contributed by atoms with Crippen LogP contribution in [0, 0.1) is 0 Å². The highest BCUT2D eigenvalue weighted by molar-refractivity contribution is 8.26. The number of hydrogen-bond acceptors (Lipinski definition) is 4. The van der Waals surface area contributed by atoms with E-state index in [-0.39, 0.29) is 11.7 Å². The highest BCUT2D eigenvalue weighted by Gasteiger charge is 2.31. The fourth-order valence-electron chi connectivity index (χ4n) is 1.96. The second-order valence-electron chi connectivity index (χ2n) is 4.88. The lowest BCUT2D eigenvalue weighted by molar-refractivity contribution is -0.122. The van der Waals surface area contributed by atoms with Gasteiger partial charge in [0.1, 0.15) is 10.1 Å². The number of hydrogen-bond donors (Lipinski definition) is 0. The molecular weight excluding hydrogens is 302 g/mol. The molecule has 3 nitrogen and oxygen atoms in total. The van der Waals surface area contributed by atoms with Gasteiger partial charge in [0.05, 0.1) is 4.91 Å². The van der Waals surface area contributed by atoms with Gasteiger partial charge in [0.15, 0.2) is 0 Å². The molecule has 21 heavy (non-hydrogen) atoms. The van der Waals surface area contributed by atoms with E-state index in [1.54, 1.807) is 0 Å². The normalized spacial score (nSPS) is 16.9. The van der Waals surface area contributed by atoms with Crippen LogP contribution in [0.1, 0.15) is 31.4 Å². The second kappa shape index (κ2) is 7.00. The van der Waals surface area contributed by atoms with Crippen LogP contribution in [0.25, 0.3) is 6.08 Å². The van der Waals surface area contributed by atoms with Crippen molar-refractivity contribution in [2.45, 2.75) is 26.7 Å². The van der Waals surface area contributed by atoms with Crippen molar-refractivity contribution in [3.8, 4) is 0 Å². The maximum atomic E-state index is 12.3. The number of ketones is 1. The number of amides is 1. The zero-order chi connectivity index (χ0) is 15.4. The molecule has 0 spiro atoms. The summed E-state index contributed by atoms with van der Waals surface area (Å²) in [6, 6.07) is 8.12. The molecule has 1 aromatic carbocycles. The molecule has 0 aromatic heterocycles. The van der Waals surface area contributed by atoms with Gasteiger partial charge in [0.25, 0.3) is 5.91 Å². The zero-order valence-corrected chi connectivity index (χ0v) is 13.7. The van der Waals surface area contributed by atoms with Gasteiger partial charge in [-0.3, -0.25) is 14.5 Å². The van der Waals surface area contributed by atoms with Crippen LogP contribution in [0.15, 0.2) is 29.2 Å². The Kier molecular flexibility index (Phi) is 5.31. The number of thioether (sulfide) groups is 1. The SMILES string of the molecule is CCc1ccc(/C=C2\SC(=S)N(CCC(C)=O)C2=O)cc1. The standard InChI is InChI=1S/C16H17NO2S2/c1-3-12-4-6-13(7-5-12)10-14-15(19)17(16(20)21-14)9-8-11(2)18/h4-7,10H,3,8-9H2,1-2H3/b14-10-. The number of rotatable bonds is 5. The molecule has 1 heterocycles. The minimum atomic E-state index is -0.106. The Hall–Kier alpha value is -1.46. The number of aryl methyl sites for hydroxylation is 1. The van der Waals surface area contributed by atoms with Crippen LogP contribution in [0.3, 0.4) is 0 Å². The molecule has 1 aliphatic heterocycles. The predicted octanol–water partition coefficient (Wildman–Crippen LogP) is 3.43. The molecule has 1 aromatic rings. The summed E-state index contributed by atoms with van der Waals surface area (Å²) >= 11 is 6.51. The van der Waals surface area contributed by atoms with Crippen molar-refractivity contribution in [2.24, 2.45) is 0 Å². The maximum absolute atomic E-state index is 12.3. The summed E-state index contributed by atoms with van der Waals surface area (Å²) in [6.07, 6.45) is 3.19. The fraction of sp³-hybridized carbons (Fsp3) is 0.312. The third-order valence-electron chi connectivity index (χ3n) is 3.25. The van der Waals surface area contributed by atoms with E-state index in [0.717, 1.165) is 12.0 Å². The van der Waals surface area contributed by atoms with E-state index >= 15 is 0 Å². The van der Waals surface area contributed by atoms with Gasteiger partial charge in [-0.25, -0.2) is 0 Å². The molecule has 0 saturated carbocycles. The van der Waals surface area contributed by atoms with Crippen LogP contribution >= 0.6 is 24.0 Å². The van der Waals surface area contributed by atoms with Crippen LogP contribution in [-0.2, 0) is 16.0 Å². The molecule has 0 N–H and O–H groups in total. The van der Waals surface area contributed by atoms with E-state index in [9.17, 15) is 9.59 Å². The van der Waals surface area contributed by atoms with Gasteiger partial charge in [-0.05, 0) is 30.5 Å². The lowest BCUT2D eigenvalue weighted by atomic mass is 10.1. The number of benzene rings is 1. The molecule has 0 radical (unpaired) electrons. The lowest BCUT2D eigenvalue weighted by Gasteiger charge is -2.12. The number of thiocarbonyl (C=S) groups is 1. The lowest BCUT2D eigenvalue weighted by Crippen LogP contribution is -2.30. The second-order valence-corrected chi connectivity index (χ2v) is 6.56. The third kappa shape index (κ3) is 4.02. The predicted molar refractivity (Wildman–Crippen MR) is 91.0 cm³/mol. The largest absolute Gasteiger partial charge is 0.300 e. The van der Waals surface area contributed by atoms with E-state index in [0.29, 0.717) is 22.2 Å². The summed E-state index contributed by atoms with van der Waals surface area (Å²) in [7, 11) is 0. The van der Waals surface area contributed by atoms with Crippen molar-refractivity contribution < 1.29 is 9.59 Å². The summed E-state index contributed by atoms with van der Waals surface area (Å²) in [5.41, 5.74) is 2.25. The molecule has 0 aliphatic carbocycles. The van der Waals surface area contributed by atoms with Crippen LogP contribution in [0.4, 0.5) is 0 Å². The molecule has 1 aliphatic rings. The average molecular weight is 319 g/mol. The Bertz CT molecular complexity index is 605.